The number of benzene rings is 1. The van der Waals surface area contributed by atoms with E-state index >= 15 is 0 Å². The maximum absolute atomic E-state index is 5.82. The van der Waals surface area contributed by atoms with Crippen LogP contribution in [0.25, 0.3) is 0 Å². The van der Waals surface area contributed by atoms with E-state index in [4.69, 9.17) is 16.2 Å². The smallest absolute Gasteiger partial charge is 0.124 e. The van der Waals surface area contributed by atoms with Gasteiger partial charge in [0.05, 0.1) is 6.61 Å². The highest BCUT2D eigenvalue weighted by Crippen LogP contribution is 2.22. The fourth-order valence-corrected chi connectivity index (χ4v) is 1.20. The lowest BCUT2D eigenvalue weighted by molar-refractivity contribution is 0.334. The van der Waals surface area contributed by atoms with Crippen molar-refractivity contribution in [3.05, 3.63) is 29.8 Å². The molecule has 0 aliphatic carbocycles. The number of rotatable bonds is 4. The summed E-state index contributed by atoms with van der Waals surface area (Å²) in [7, 11) is 0. The number of hydrogen-bond donors (Lipinski definition) is 2. The molecule has 0 aliphatic rings. The minimum atomic E-state index is -0.136. The predicted molar refractivity (Wildman–Crippen MR) is 60.8 cm³/mol. The number of para-hydroxylation sites is 1. The molecule has 0 saturated heterocycles. The van der Waals surface area contributed by atoms with E-state index < -0.39 is 0 Å². The Morgan fingerprint density at radius 3 is 2.57 bits per heavy atom. The molecule has 1 rings (SSSR count). The van der Waals surface area contributed by atoms with Crippen LogP contribution < -0.4 is 16.2 Å². The zero-order valence-corrected chi connectivity index (χ0v) is 9.09. The molecule has 1 atom stereocenters. The first-order valence-corrected chi connectivity index (χ1v) is 4.47. The predicted octanol–water partition coefficient (Wildman–Crippen LogP) is 1.47. The van der Waals surface area contributed by atoms with Crippen LogP contribution in [0.2, 0.25) is 0 Å². The Kier molecular flexibility index (Phi) is 6.28. The SMILES string of the molecule is CCOc1ccccc1[C@@H](N)CN.Cl. The second-order valence-electron chi connectivity index (χ2n) is 2.81. The number of nitrogens with two attached hydrogens (primary N) is 2. The van der Waals surface area contributed by atoms with E-state index in [9.17, 15) is 0 Å². The van der Waals surface area contributed by atoms with Gasteiger partial charge in [0.25, 0.3) is 0 Å². The summed E-state index contributed by atoms with van der Waals surface area (Å²) in [6, 6.07) is 7.59. The Hall–Kier alpha value is -0.770. The summed E-state index contributed by atoms with van der Waals surface area (Å²) in [5.41, 5.74) is 12.3. The minimum absolute atomic E-state index is 0. The molecule has 0 spiro atoms. The van der Waals surface area contributed by atoms with Crippen molar-refractivity contribution in [3.8, 4) is 5.75 Å². The first kappa shape index (κ1) is 13.2. The highest BCUT2D eigenvalue weighted by atomic mass is 35.5. The molecule has 0 heterocycles. The van der Waals surface area contributed by atoms with Crippen molar-refractivity contribution < 1.29 is 4.74 Å². The van der Waals surface area contributed by atoms with Gasteiger partial charge < -0.3 is 16.2 Å². The van der Waals surface area contributed by atoms with Crippen LogP contribution in [0.4, 0.5) is 0 Å². The quantitative estimate of drug-likeness (QED) is 0.801. The largest absolute Gasteiger partial charge is 0.494 e. The van der Waals surface area contributed by atoms with Gasteiger partial charge in [-0.05, 0) is 13.0 Å². The van der Waals surface area contributed by atoms with Crippen molar-refractivity contribution >= 4 is 12.4 Å². The molecule has 0 amide bonds. The lowest BCUT2D eigenvalue weighted by Crippen LogP contribution is -2.21. The molecule has 80 valence electrons. The molecule has 3 nitrogen and oxygen atoms in total. The lowest BCUT2D eigenvalue weighted by atomic mass is 10.1. The lowest BCUT2D eigenvalue weighted by Gasteiger charge is -2.14. The Bertz CT molecular complexity index is 268. The fourth-order valence-electron chi connectivity index (χ4n) is 1.20. The maximum Gasteiger partial charge on any atom is 0.124 e. The molecule has 0 radical (unpaired) electrons. The molecule has 0 fully saturated rings. The van der Waals surface area contributed by atoms with Crippen LogP contribution in [0, 0.1) is 0 Å². The summed E-state index contributed by atoms with van der Waals surface area (Å²) in [5.74, 6) is 0.836. The molecule has 0 aromatic heterocycles. The summed E-state index contributed by atoms with van der Waals surface area (Å²) in [6.45, 7) is 3.03. The third kappa shape index (κ3) is 3.18. The third-order valence-corrected chi connectivity index (χ3v) is 1.87. The highest BCUT2D eigenvalue weighted by molar-refractivity contribution is 5.85. The number of halogens is 1. The Morgan fingerprint density at radius 1 is 1.36 bits per heavy atom. The molecule has 4 N–H and O–H groups in total. The summed E-state index contributed by atoms with van der Waals surface area (Å²) >= 11 is 0. The fraction of sp³-hybridized carbons (Fsp3) is 0.400. The van der Waals surface area contributed by atoms with Gasteiger partial charge in [-0.25, -0.2) is 0 Å². The molecular formula is C10H17ClN2O. The Morgan fingerprint density at radius 2 is 2.00 bits per heavy atom. The van der Waals surface area contributed by atoms with E-state index in [1.165, 1.54) is 0 Å². The third-order valence-electron chi connectivity index (χ3n) is 1.87. The van der Waals surface area contributed by atoms with Crippen LogP contribution in [0.3, 0.4) is 0 Å². The van der Waals surface area contributed by atoms with Gasteiger partial charge in [0.15, 0.2) is 0 Å². The van der Waals surface area contributed by atoms with Gasteiger partial charge in [0, 0.05) is 18.2 Å². The molecule has 14 heavy (non-hydrogen) atoms. The van der Waals surface area contributed by atoms with Crippen molar-refractivity contribution in [3.63, 3.8) is 0 Å². The van der Waals surface area contributed by atoms with Gasteiger partial charge >= 0.3 is 0 Å². The van der Waals surface area contributed by atoms with E-state index in [2.05, 4.69) is 0 Å². The normalized spacial score (nSPS) is 11.6. The average Bonchev–Trinajstić information content (AvgIpc) is 2.18. The first-order valence-electron chi connectivity index (χ1n) is 4.47. The Balaban J connectivity index is 0.00000169. The van der Waals surface area contributed by atoms with Crippen molar-refractivity contribution in [2.45, 2.75) is 13.0 Å². The van der Waals surface area contributed by atoms with Gasteiger partial charge in [0.1, 0.15) is 5.75 Å². The van der Waals surface area contributed by atoms with Gasteiger partial charge in [0.2, 0.25) is 0 Å². The van der Waals surface area contributed by atoms with Crippen molar-refractivity contribution in [2.24, 2.45) is 11.5 Å². The highest BCUT2D eigenvalue weighted by Gasteiger charge is 2.08. The van der Waals surface area contributed by atoms with E-state index in [0.29, 0.717) is 13.2 Å². The molecule has 0 bridgehead atoms. The molecule has 0 unspecified atom stereocenters. The topological polar surface area (TPSA) is 61.3 Å². The van der Waals surface area contributed by atoms with Crippen LogP contribution in [0.15, 0.2) is 24.3 Å². The zero-order valence-electron chi connectivity index (χ0n) is 8.27. The summed E-state index contributed by atoms with van der Waals surface area (Å²) in [4.78, 5) is 0. The summed E-state index contributed by atoms with van der Waals surface area (Å²) < 4.78 is 5.42. The van der Waals surface area contributed by atoms with Crippen LogP contribution in [-0.2, 0) is 0 Å². The second-order valence-corrected chi connectivity index (χ2v) is 2.81. The van der Waals surface area contributed by atoms with Crippen molar-refractivity contribution in [1.29, 1.82) is 0 Å². The van der Waals surface area contributed by atoms with Crippen molar-refractivity contribution in [2.75, 3.05) is 13.2 Å². The molecule has 0 saturated carbocycles. The van der Waals surface area contributed by atoms with Gasteiger partial charge in [-0.2, -0.15) is 0 Å². The van der Waals surface area contributed by atoms with Crippen LogP contribution in [0.1, 0.15) is 18.5 Å². The standard InChI is InChI=1S/C10H16N2O.ClH/c1-2-13-10-6-4-3-5-8(10)9(12)7-11;/h3-6,9H,2,7,11-12H2,1H3;1H/t9-;/m0./s1. The zero-order chi connectivity index (χ0) is 9.68. The number of ether oxygens (including phenoxy) is 1. The van der Waals surface area contributed by atoms with E-state index in [1.54, 1.807) is 0 Å². The van der Waals surface area contributed by atoms with Crippen LogP contribution in [0.5, 0.6) is 5.75 Å². The number of hydrogen-bond acceptors (Lipinski definition) is 3. The van der Waals surface area contributed by atoms with Crippen LogP contribution in [-0.4, -0.2) is 13.2 Å². The Labute approximate surface area is 90.8 Å². The molecule has 4 heteroatoms. The summed E-state index contributed by atoms with van der Waals surface area (Å²) in [5, 5.41) is 0. The van der Waals surface area contributed by atoms with Gasteiger partial charge in [-0.1, -0.05) is 18.2 Å². The van der Waals surface area contributed by atoms with E-state index in [1.807, 2.05) is 31.2 Å². The van der Waals surface area contributed by atoms with Gasteiger partial charge in [-0.3, -0.25) is 0 Å². The molecule has 1 aromatic carbocycles. The van der Waals surface area contributed by atoms with Crippen LogP contribution >= 0.6 is 12.4 Å². The summed E-state index contributed by atoms with van der Waals surface area (Å²) in [6.07, 6.45) is 0. The average molecular weight is 217 g/mol. The second kappa shape index (κ2) is 6.65. The molecular weight excluding hydrogens is 200 g/mol. The minimum Gasteiger partial charge on any atom is -0.494 e. The monoisotopic (exact) mass is 216 g/mol. The molecule has 0 aliphatic heterocycles. The van der Waals surface area contributed by atoms with Gasteiger partial charge in [-0.15, -0.1) is 12.4 Å². The molecule has 1 aromatic rings. The maximum atomic E-state index is 5.82. The first-order chi connectivity index (χ1) is 6.29. The van der Waals surface area contributed by atoms with E-state index in [-0.39, 0.29) is 18.4 Å². The van der Waals surface area contributed by atoms with Crippen molar-refractivity contribution in [1.82, 2.24) is 0 Å². The van der Waals surface area contributed by atoms with E-state index in [0.717, 1.165) is 11.3 Å².